The van der Waals surface area contributed by atoms with Gasteiger partial charge in [-0.2, -0.15) is 0 Å². The normalized spacial score (nSPS) is 11.0. The predicted molar refractivity (Wildman–Crippen MR) is 74.4 cm³/mol. The molecule has 0 spiro atoms. The highest BCUT2D eigenvalue weighted by Crippen LogP contribution is 2.21. The summed E-state index contributed by atoms with van der Waals surface area (Å²) in [6.45, 7) is 0.159. The number of carboxylic acids is 1. The zero-order chi connectivity index (χ0) is 15.0. The molecule has 106 valence electrons. The first kappa shape index (κ1) is 13.3. The Morgan fingerprint density at radius 3 is 2.71 bits per heavy atom. The lowest BCUT2D eigenvalue weighted by Crippen LogP contribution is -2.07. The van der Waals surface area contributed by atoms with Crippen molar-refractivity contribution in [2.45, 2.75) is 6.54 Å². The average Bonchev–Trinajstić information content (AvgIpc) is 2.83. The first-order valence-corrected chi connectivity index (χ1v) is 6.31. The van der Waals surface area contributed by atoms with Gasteiger partial charge in [0.15, 0.2) is 0 Å². The molecular formula is C16H11F2NO2. The molecule has 0 radical (unpaired) electrons. The highest BCUT2D eigenvalue weighted by molar-refractivity contribution is 5.89. The molecule has 3 rings (SSSR count). The standard InChI is InChI=1S/C16H11F2NO2/c17-11-4-5-12(16(20)21)10(8-11)9-19-7-6-13-14(18)2-1-3-15(13)19/h1-8H,9H2,(H,20,21). The van der Waals surface area contributed by atoms with Gasteiger partial charge in [-0.25, -0.2) is 13.6 Å². The van der Waals surface area contributed by atoms with Crippen molar-refractivity contribution in [3.63, 3.8) is 0 Å². The summed E-state index contributed by atoms with van der Waals surface area (Å²) in [5.41, 5.74) is 1.01. The van der Waals surface area contributed by atoms with Crippen molar-refractivity contribution in [1.82, 2.24) is 4.57 Å². The van der Waals surface area contributed by atoms with E-state index < -0.39 is 11.8 Å². The largest absolute Gasteiger partial charge is 0.478 e. The van der Waals surface area contributed by atoms with E-state index in [9.17, 15) is 13.6 Å². The number of aromatic nitrogens is 1. The van der Waals surface area contributed by atoms with Crippen LogP contribution in [0.25, 0.3) is 10.9 Å². The van der Waals surface area contributed by atoms with Gasteiger partial charge in [0.25, 0.3) is 0 Å². The molecule has 5 heteroatoms. The van der Waals surface area contributed by atoms with E-state index in [1.807, 2.05) is 0 Å². The molecule has 1 aromatic heterocycles. The number of rotatable bonds is 3. The molecule has 0 atom stereocenters. The van der Waals surface area contributed by atoms with Gasteiger partial charge in [0, 0.05) is 18.1 Å². The number of aromatic carboxylic acids is 1. The Morgan fingerprint density at radius 1 is 1.14 bits per heavy atom. The topological polar surface area (TPSA) is 42.2 Å². The first-order chi connectivity index (χ1) is 10.1. The highest BCUT2D eigenvalue weighted by atomic mass is 19.1. The van der Waals surface area contributed by atoms with Gasteiger partial charge in [0.2, 0.25) is 0 Å². The third-order valence-electron chi connectivity index (χ3n) is 3.40. The fourth-order valence-corrected chi connectivity index (χ4v) is 2.41. The minimum atomic E-state index is -1.12. The maximum atomic E-state index is 13.6. The van der Waals surface area contributed by atoms with Crippen molar-refractivity contribution < 1.29 is 18.7 Å². The van der Waals surface area contributed by atoms with Crippen LogP contribution in [0.5, 0.6) is 0 Å². The molecule has 1 N–H and O–H groups in total. The Hall–Kier alpha value is -2.69. The molecule has 0 unspecified atom stereocenters. The van der Waals surface area contributed by atoms with Crippen LogP contribution in [0, 0.1) is 11.6 Å². The second-order valence-corrected chi connectivity index (χ2v) is 4.72. The van der Waals surface area contributed by atoms with Crippen LogP contribution in [0.2, 0.25) is 0 Å². The van der Waals surface area contributed by atoms with Crippen LogP contribution in [-0.2, 0) is 6.54 Å². The van der Waals surface area contributed by atoms with Gasteiger partial charge in [0.05, 0.1) is 11.1 Å². The van der Waals surface area contributed by atoms with E-state index in [1.165, 1.54) is 18.2 Å². The van der Waals surface area contributed by atoms with Crippen LogP contribution in [0.4, 0.5) is 8.78 Å². The van der Waals surface area contributed by atoms with Crippen LogP contribution in [0.3, 0.4) is 0 Å². The molecule has 0 saturated heterocycles. The summed E-state index contributed by atoms with van der Waals surface area (Å²) in [5.74, 6) is -1.96. The van der Waals surface area contributed by atoms with Crippen molar-refractivity contribution in [3.8, 4) is 0 Å². The van der Waals surface area contributed by atoms with E-state index in [0.29, 0.717) is 16.5 Å². The van der Waals surface area contributed by atoms with Crippen LogP contribution in [0.1, 0.15) is 15.9 Å². The molecule has 0 aliphatic rings. The number of benzene rings is 2. The average molecular weight is 287 g/mol. The van der Waals surface area contributed by atoms with Crippen molar-refractivity contribution in [2.75, 3.05) is 0 Å². The molecule has 21 heavy (non-hydrogen) atoms. The second kappa shape index (κ2) is 5.01. The number of nitrogens with zero attached hydrogens (tertiary/aromatic N) is 1. The molecule has 0 bridgehead atoms. The lowest BCUT2D eigenvalue weighted by molar-refractivity contribution is 0.0695. The summed E-state index contributed by atoms with van der Waals surface area (Å²) < 4.78 is 28.7. The van der Waals surface area contributed by atoms with Crippen LogP contribution in [0.15, 0.2) is 48.7 Å². The number of fused-ring (bicyclic) bond motifs is 1. The highest BCUT2D eigenvalue weighted by Gasteiger charge is 2.13. The molecular weight excluding hydrogens is 276 g/mol. The number of halogens is 2. The molecule has 3 aromatic rings. The van der Waals surface area contributed by atoms with Gasteiger partial charge in [-0.05, 0) is 42.0 Å². The van der Waals surface area contributed by atoms with E-state index in [0.717, 1.165) is 6.07 Å². The zero-order valence-electron chi connectivity index (χ0n) is 10.9. The Bertz CT molecular complexity index is 839. The summed E-state index contributed by atoms with van der Waals surface area (Å²) in [5, 5.41) is 9.60. The van der Waals surface area contributed by atoms with Gasteiger partial charge in [-0.3, -0.25) is 0 Å². The fourth-order valence-electron chi connectivity index (χ4n) is 2.41. The van der Waals surface area contributed by atoms with Gasteiger partial charge >= 0.3 is 5.97 Å². The molecule has 0 aliphatic heterocycles. The van der Waals surface area contributed by atoms with Gasteiger partial charge in [-0.15, -0.1) is 0 Å². The number of hydrogen-bond donors (Lipinski definition) is 1. The second-order valence-electron chi connectivity index (χ2n) is 4.72. The summed E-state index contributed by atoms with van der Waals surface area (Å²) in [4.78, 5) is 11.2. The van der Waals surface area contributed by atoms with E-state index in [1.54, 1.807) is 29.0 Å². The zero-order valence-corrected chi connectivity index (χ0v) is 10.9. The third-order valence-corrected chi connectivity index (χ3v) is 3.40. The smallest absolute Gasteiger partial charge is 0.336 e. The van der Waals surface area contributed by atoms with Crippen molar-refractivity contribution in [3.05, 3.63) is 71.4 Å². The van der Waals surface area contributed by atoms with Gasteiger partial charge < -0.3 is 9.67 Å². The van der Waals surface area contributed by atoms with Crippen molar-refractivity contribution in [1.29, 1.82) is 0 Å². The maximum absolute atomic E-state index is 13.6. The van der Waals surface area contributed by atoms with E-state index in [4.69, 9.17) is 5.11 Å². The SMILES string of the molecule is O=C(O)c1ccc(F)cc1Cn1ccc2c(F)cccc21. The maximum Gasteiger partial charge on any atom is 0.336 e. The fraction of sp³-hybridized carbons (Fsp3) is 0.0625. The molecule has 0 fully saturated rings. The molecule has 0 amide bonds. The monoisotopic (exact) mass is 287 g/mol. The van der Waals surface area contributed by atoms with Crippen LogP contribution >= 0.6 is 0 Å². The summed E-state index contributed by atoms with van der Waals surface area (Å²) in [7, 11) is 0. The molecule has 0 saturated carbocycles. The molecule has 2 aromatic carbocycles. The lowest BCUT2D eigenvalue weighted by atomic mass is 10.1. The first-order valence-electron chi connectivity index (χ1n) is 6.31. The minimum Gasteiger partial charge on any atom is -0.478 e. The van der Waals surface area contributed by atoms with Gasteiger partial charge in [-0.1, -0.05) is 6.07 Å². The Kier molecular flexibility index (Phi) is 3.17. The van der Waals surface area contributed by atoms with Crippen LogP contribution < -0.4 is 0 Å². The Balaban J connectivity index is 2.09. The molecule has 1 heterocycles. The van der Waals surface area contributed by atoms with Crippen molar-refractivity contribution >= 4 is 16.9 Å². The van der Waals surface area contributed by atoms with E-state index >= 15 is 0 Å². The lowest BCUT2D eigenvalue weighted by Gasteiger charge is -2.09. The third kappa shape index (κ3) is 2.38. The van der Waals surface area contributed by atoms with Crippen molar-refractivity contribution in [2.24, 2.45) is 0 Å². The summed E-state index contributed by atoms with van der Waals surface area (Å²) in [6.07, 6.45) is 1.66. The minimum absolute atomic E-state index is 0.0367. The van der Waals surface area contributed by atoms with E-state index in [2.05, 4.69) is 0 Å². The van der Waals surface area contributed by atoms with Crippen LogP contribution in [-0.4, -0.2) is 15.6 Å². The van der Waals surface area contributed by atoms with E-state index in [-0.39, 0.29) is 17.9 Å². The Morgan fingerprint density at radius 2 is 1.95 bits per heavy atom. The molecule has 3 nitrogen and oxygen atoms in total. The quantitative estimate of drug-likeness (QED) is 0.798. The Labute approximate surface area is 119 Å². The number of hydrogen-bond acceptors (Lipinski definition) is 1. The summed E-state index contributed by atoms with van der Waals surface area (Å²) in [6, 6.07) is 9.83. The number of carbonyl (C=O) groups is 1. The summed E-state index contributed by atoms with van der Waals surface area (Å²) >= 11 is 0. The predicted octanol–water partition coefficient (Wildman–Crippen LogP) is 3.67. The van der Waals surface area contributed by atoms with Gasteiger partial charge in [0.1, 0.15) is 11.6 Å². The number of carboxylic acid groups (broad SMARTS) is 1. The molecule has 0 aliphatic carbocycles.